The summed E-state index contributed by atoms with van der Waals surface area (Å²) in [6.07, 6.45) is 3.86. The number of unbranched alkanes of at least 4 members (excludes halogenated alkanes) is 2. The van der Waals surface area contributed by atoms with E-state index in [1.54, 1.807) is 29.2 Å². The van der Waals surface area contributed by atoms with E-state index in [0.29, 0.717) is 10.8 Å². The Morgan fingerprint density at radius 1 is 1.11 bits per heavy atom. The lowest BCUT2D eigenvalue weighted by Gasteiger charge is -2.21. The van der Waals surface area contributed by atoms with Gasteiger partial charge in [-0.3, -0.25) is 0 Å². The SMILES string of the molecule is CCCCN(CCCC)C(=O)Oc1ccc(Cl)cc1. The second kappa shape index (κ2) is 8.81. The average molecular weight is 284 g/mol. The van der Waals surface area contributed by atoms with Crippen molar-refractivity contribution in [2.45, 2.75) is 39.5 Å². The molecule has 3 nitrogen and oxygen atoms in total. The first-order valence-corrected chi connectivity index (χ1v) is 7.27. The van der Waals surface area contributed by atoms with Gasteiger partial charge in [0.2, 0.25) is 0 Å². The fourth-order valence-corrected chi connectivity index (χ4v) is 1.79. The molecule has 0 fully saturated rings. The van der Waals surface area contributed by atoms with Crippen LogP contribution >= 0.6 is 11.6 Å². The van der Waals surface area contributed by atoms with Crippen LogP contribution in [0.5, 0.6) is 5.75 Å². The van der Waals surface area contributed by atoms with Gasteiger partial charge in [0.15, 0.2) is 0 Å². The molecule has 106 valence electrons. The summed E-state index contributed by atoms with van der Waals surface area (Å²) in [7, 11) is 0. The van der Waals surface area contributed by atoms with Gasteiger partial charge >= 0.3 is 6.09 Å². The van der Waals surface area contributed by atoms with Crippen molar-refractivity contribution in [1.82, 2.24) is 4.90 Å². The molecule has 0 radical (unpaired) electrons. The van der Waals surface area contributed by atoms with Crippen LogP contribution in [0.4, 0.5) is 4.79 Å². The standard InChI is InChI=1S/C15H22ClNO2/c1-3-5-11-17(12-6-4-2)15(18)19-14-9-7-13(16)8-10-14/h7-10H,3-6,11-12H2,1-2H3. The quantitative estimate of drug-likeness (QED) is 0.723. The molecule has 0 unspecified atom stereocenters. The number of halogens is 1. The van der Waals surface area contributed by atoms with E-state index in [9.17, 15) is 4.79 Å². The van der Waals surface area contributed by atoms with E-state index in [4.69, 9.17) is 16.3 Å². The van der Waals surface area contributed by atoms with Crippen LogP contribution < -0.4 is 4.74 Å². The van der Waals surface area contributed by atoms with Gasteiger partial charge in [0, 0.05) is 18.1 Å². The van der Waals surface area contributed by atoms with Crippen LogP contribution in [0.3, 0.4) is 0 Å². The predicted octanol–water partition coefficient (Wildman–Crippen LogP) is 4.74. The molecule has 0 aliphatic carbocycles. The first-order chi connectivity index (χ1) is 9.17. The van der Waals surface area contributed by atoms with Crippen LogP contribution in [-0.4, -0.2) is 24.1 Å². The summed E-state index contributed by atoms with van der Waals surface area (Å²) < 4.78 is 5.35. The van der Waals surface area contributed by atoms with Crippen LogP contribution in [0.15, 0.2) is 24.3 Å². The van der Waals surface area contributed by atoms with Crippen LogP contribution in [-0.2, 0) is 0 Å². The third-order valence-electron chi connectivity index (χ3n) is 2.84. The van der Waals surface area contributed by atoms with Gasteiger partial charge in [0.25, 0.3) is 0 Å². The fourth-order valence-electron chi connectivity index (χ4n) is 1.66. The Hall–Kier alpha value is -1.22. The Labute approximate surface area is 120 Å². The highest BCUT2D eigenvalue weighted by molar-refractivity contribution is 6.30. The third kappa shape index (κ3) is 5.97. The highest BCUT2D eigenvalue weighted by atomic mass is 35.5. The minimum absolute atomic E-state index is 0.274. The van der Waals surface area contributed by atoms with Crippen molar-refractivity contribution in [3.63, 3.8) is 0 Å². The second-order valence-corrected chi connectivity index (χ2v) is 4.95. The van der Waals surface area contributed by atoms with Gasteiger partial charge in [-0.25, -0.2) is 4.79 Å². The van der Waals surface area contributed by atoms with Crippen molar-refractivity contribution in [1.29, 1.82) is 0 Å². The predicted molar refractivity (Wildman–Crippen MR) is 78.9 cm³/mol. The van der Waals surface area contributed by atoms with Gasteiger partial charge in [-0.05, 0) is 37.1 Å². The number of ether oxygens (including phenoxy) is 1. The van der Waals surface area contributed by atoms with Gasteiger partial charge < -0.3 is 9.64 Å². The van der Waals surface area contributed by atoms with E-state index < -0.39 is 0 Å². The normalized spacial score (nSPS) is 10.3. The number of amides is 1. The molecule has 1 aromatic carbocycles. The molecule has 0 saturated heterocycles. The number of hydrogen-bond acceptors (Lipinski definition) is 2. The van der Waals surface area contributed by atoms with Crippen molar-refractivity contribution >= 4 is 17.7 Å². The molecule has 4 heteroatoms. The maximum atomic E-state index is 12.1. The lowest BCUT2D eigenvalue weighted by molar-refractivity contribution is 0.150. The maximum absolute atomic E-state index is 12.1. The van der Waals surface area contributed by atoms with Gasteiger partial charge in [-0.15, -0.1) is 0 Å². The summed E-state index contributed by atoms with van der Waals surface area (Å²) in [5, 5.41) is 0.633. The molecule has 0 heterocycles. The molecule has 0 aromatic heterocycles. The highest BCUT2D eigenvalue weighted by Gasteiger charge is 2.14. The summed E-state index contributed by atoms with van der Waals surface area (Å²) in [5.74, 6) is 0.535. The summed E-state index contributed by atoms with van der Waals surface area (Å²) in [6, 6.07) is 6.84. The number of benzene rings is 1. The molecule has 0 N–H and O–H groups in total. The summed E-state index contributed by atoms with van der Waals surface area (Å²) in [5.41, 5.74) is 0. The van der Waals surface area contributed by atoms with Crippen LogP contribution in [0.2, 0.25) is 5.02 Å². The molecule has 1 aromatic rings. The van der Waals surface area contributed by atoms with E-state index in [1.165, 1.54) is 0 Å². The van der Waals surface area contributed by atoms with Crippen molar-refractivity contribution < 1.29 is 9.53 Å². The molecule has 0 saturated carbocycles. The maximum Gasteiger partial charge on any atom is 0.415 e. The number of rotatable bonds is 7. The lowest BCUT2D eigenvalue weighted by atomic mass is 10.3. The largest absolute Gasteiger partial charge is 0.415 e. The average Bonchev–Trinajstić information content (AvgIpc) is 2.41. The molecule has 0 aliphatic rings. The van der Waals surface area contributed by atoms with Crippen LogP contribution in [0.1, 0.15) is 39.5 Å². The zero-order valence-electron chi connectivity index (χ0n) is 11.7. The van der Waals surface area contributed by atoms with E-state index in [-0.39, 0.29) is 6.09 Å². The highest BCUT2D eigenvalue weighted by Crippen LogP contribution is 2.16. The molecule has 1 amide bonds. The van der Waals surface area contributed by atoms with E-state index in [1.807, 2.05) is 0 Å². The molecular formula is C15H22ClNO2. The van der Waals surface area contributed by atoms with Crippen molar-refractivity contribution in [3.05, 3.63) is 29.3 Å². The van der Waals surface area contributed by atoms with Gasteiger partial charge in [0.05, 0.1) is 0 Å². The van der Waals surface area contributed by atoms with E-state index in [2.05, 4.69) is 13.8 Å². The Bertz CT molecular complexity index is 370. The number of carbonyl (C=O) groups is 1. The van der Waals surface area contributed by atoms with Crippen LogP contribution in [0, 0.1) is 0 Å². The van der Waals surface area contributed by atoms with Gasteiger partial charge in [-0.1, -0.05) is 38.3 Å². The Kier molecular flexibility index (Phi) is 7.34. The minimum Gasteiger partial charge on any atom is -0.410 e. The smallest absolute Gasteiger partial charge is 0.410 e. The van der Waals surface area contributed by atoms with Crippen molar-refractivity contribution in [3.8, 4) is 5.75 Å². The Morgan fingerprint density at radius 2 is 1.63 bits per heavy atom. The van der Waals surface area contributed by atoms with Gasteiger partial charge in [-0.2, -0.15) is 0 Å². The molecule has 1 rings (SSSR count). The minimum atomic E-state index is -0.274. The lowest BCUT2D eigenvalue weighted by Crippen LogP contribution is -2.35. The monoisotopic (exact) mass is 283 g/mol. The van der Waals surface area contributed by atoms with Crippen molar-refractivity contribution in [2.24, 2.45) is 0 Å². The number of carbonyl (C=O) groups excluding carboxylic acids is 1. The molecule has 0 aliphatic heterocycles. The molecule has 0 bridgehead atoms. The van der Waals surface area contributed by atoms with Crippen LogP contribution in [0.25, 0.3) is 0 Å². The zero-order chi connectivity index (χ0) is 14.1. The second-order valence-electron chi connectivity index (χ2n) is 4.52. The number of nitrogens with zero attached hydrogens (tertiary/aromatic N) is 1. The summed E-state index contributed by atoms with van der Waals surface area (Å²) >= 11 is 5.80. The Balaban J connectivity index is 2.56. The van der Waals surface area contributed by atoms with Gasteiger partial charge in [0.1, 0.15) is 5.75 Å². The summed E-state index contributed by atoms with van der Waals surface area (Å²) in [4.78, 5) is 13.9. The number of hydrogen-bond donors (Lipinski definition) is 0. The first-order valence-electron chi connectivity index (χ1n) is 6.89. The summed E-state index contributed by atoms with van der Waals surface area (Å²) in [6.45, 7) is 5.73. The molecule has 19 heavy (non-hydrogen) atoms. The third-order valence-corrected chi connectivity index (χ3v) is 3.09. The molecule has 0 atom stereocenters. The fraction of sp³-hybridized carbons (Fsp3) is 0.533. The first kappa shape index (κ1) is 15.8. The zero-order valence-corrected chi connectivity index (χ0v) is 12.4. The Morgan fingerprint density at radius 3 is 2.11 bits per heavy atom. The molecular weight excluding hydrogens is 262 g/mol. The van der Waals surface area contributed by atoms with E-state index >= 15 is 0 Å². The molecule has 0 spiro atoms. The topological polar surface area (TPSA) is 29.5 Å². The van der Waals surface area contributed by atoms with Crippen molar-refractivity contribution in [2.75, 3.05) is 13.1 Å². The van der Waals surface area contributed by atoms with E-state index in [0.717, 1.165) is 38.8 Å².